The van der Waals surface area contributed by atoms with Crippen LogP contribution >= 0.6 is 0 Å². The van der Waals surface area contributed by atoms with Gasteiger partial charge in [-0.2, -0.15) is 0 Å². The van der Waals surface area contributed by atoms with Crippen LogP contribution in [0, 0.1) is 12.7 Å². The number of aryl methyl sites for hydroxylation is 1. The number of rotatable bonds is 3. The van der Waals surface area contributed by atoms with E-state index in [0.717, 1.165) is 5.56 Å². The Morgan fingerprint density at radius 3 is 2.60 bits per heavy atom. The molecule has 0 unspecified atom stereocenters. The highest BCUT2D eigenvalue weighted by atomic mass is 19.1. The molecule has 20 heavy (non-hydrogen) atoms. The lowest BCUT2D eigenvalue weighted by Crippen LogP contribution is -2.17. The zero-order valence-electron chi connectivity index (χ0n) is 11.7. The van der Waals surface area contributed by atoms with Gasteiger partial charge in [-0.25, -0.2) is 4.39 Å². The number of amides is 1. The summed E-state index contributed by atoms with van der Waals surface area (Å²) in [5.74, 6) is -0.150. The first-order valence-corrected chi connectivity index (χ1v) is 6.24. The summed E-state index contributed by atoms with van der Waals surface area (Å²) in [6, 6.07) is 9.97. The summed E-state index contributed by atoms with van der Waals surface area (Å²) in [6.45, 7) is 1.89. The Kier molecular flexibility index (Phi) is 4.03. The van der Waals surface area contributed by atoms with Gasteiger partial charge < -0.3 is 10.1 Å². The Labute approximate surface area is 117 Å². The lowest BCUT2D eigenvalue weighted by molar-refractivity contribution is 0.0962. The minimum atomic E-state index is -0.446. The maximum Gasteiger partial charge on any atom is 0.251 e. The molecule has 0 aliphatic carbocycles. The van der Waals surface area contributed by atoms with E-state index in [2.05, 4.69) is 5.32 Å². The molecule has 4 heteroatoms. The molecule has 1 amide bonds. The van der Waals surface area contributed by atoms with Gasteiger partial charge >= 0.3 is 0 Å². The van der Waals surface area contributed by atoms with E-state index in [1.165, 1.54) is 13.1 Å². The Morgan fingerprint density at radius 1 is 1.25 bits per heavy atom. The minimum Gasteiger partial charge on any atom is -0.496 e. The van der Waals surface area contributed by atoms with Gasteiger partial charge in [0, 0.05) is 23.7 Å². The fourth-order valence-electron chi connectivity index (χ4n) is 2.16. The van der Waals surface area contributed by atoms with Crippen LogP contribution < -0.4 is 10.1 Å². The molecular formula is C16H16FNO2. The molecule has 0 saturated heterocycles. The minimum absolute atomic E-state index is 0.293. The SMILES string of the molecule is CNC(=O)c1ccc(-c2c(C)cccc2OC)c(F)c1. The number of ether oxygens (including phenoxy) is 1. The maximum absolute atomic E-state index is 14.3. The Bertz CT molecular complexity index is 653. The topological polar surface area (TPSA) is 38.3 Å². The van der Waals surface area contributed by atoms with Gasteiger partial charge in [-0.15, -0.1) is 0 Å². The average Bonchev–Trinajstić information content (AvgIpc) is 2.46. The lowest BCUT2D eigenvalue weighted by Gasteiger charge is -2.13. The smallest absolute Gasteiger partial charge is 0.251 e. The van der Waals surface area contributed by atoms with E-state index in [1.54, 1.807) is 25.3 Å². The van der Waals surface area contributed by atoms with Crippen LogP contribution in [0.1, 0.15) is 15.9 Å². The van der Waals surface area contributed by atoms with Crippen molar-refractivity contribution >= 4 is 5.91 Å². The number of hydrogen-bond donors (Lipinski definition) is 1. The van der Waals surface area contributed by atoms with Crippen molar-refractivity contribution in [2.75, 3.05) is 14.2 Å². The lowest BCUT2D eigenvalue weighted by atomic mass is 9.97. The fraction of sp³-hybridized carbons (Fsp3) is 0.188. The predicted octanol–water partition coefficient (Wildman–Crippen LogP) is 3.17. The summed E-state index contributed by atoms with van der Waals surface area (Å²) >= 11 is 0. The van der Waals surface area contributed by atoms with E-state index < -0.39 is 5.82 Å². The molecule has 0 spiro atoms. The molecule has 2 aromatic rings. The number of carbonyl (C=O) groups excluding carboxylic acids is 1. The molecule has 2 aromatic carbocycles. The highest BCUT2D eigenvalue weighted by Gasteiger charge is 2.15. The van der Waals surface area contributed by atoms with Crippen LogP contribution in [0.25, 0.3) is 11.1 Å². The highest BCUT2D eigenvalue weighted by Crippen LogP contribution is 2.34. The van der Waals surface area contributed by atoms with Crippen LogP contribution in [-0.2, 0) is 0 Å². The van der Waals surface area contributed by atoms with Crippen molar-refractivity contribution in [2.24, 2.45) is 0 Å². The van der Waals surface area contributed by atoms with Crippen molar-refractivity contribution in [1.82, 2.24) is 5.32 Å². The molecule has 2 rings (SSSR count). The van der Waals surface area contributed by atoms with Gasteiger partial charge in [-0.1, -0.05) is 18.2 Å². The second-order valence-electron chi connectivity index (χ2n) is 4.43. The number of halogens is 1. The zero-order valence-corrected chi connectivity index (χ0v) is 11.7. The molecule has 3 nitrogen and oxygen atoms in total. The first-order chi connectivity index (χ1) is 9.58. The molecule has 0 bridgehead atoms. The maximum atomic E-state index is 14.3. The molecule has 0 fully saturated rings. The van der Waals surface area contributed by atoms with Gasteiger partial charge in [0.05, 0.1) is 7.11 Å². The summed E-state index contributed by atoms with van der Waals surface area (Å²) in [7, 11) is 3.06. The van der Waals surface area contributed by atoms with Crippen LogP contribution in [0.3, 0.4) is 0 Å². The summed E-state index contributed by atoms with van der Waals surface area (Å²) in [5, 5.41) is 2.47. The third kappa shape index (κ3) is 2.50. The number of carbonyl (C=O) groups is 1. The van der Waals surface area contributed by atoms with Crippen molar-refractivity contribution in [1.29, 1.82) is 0 Å². The van der Waals surface area contributed by atoms with E-state index in [0.29, 0.717) is 22.4 Å². The molecular weight excluding hydrogens is 257 g/mol. The van der Waals surface area contributed by atoms with Crippen LogP contribution in [-0.4, -0.2) is 20.1 Å². The van der Waals surface area contributed by atoms with Gasteiger partial charge in [0.15, 0.2) is 0 Å². The first kappa shape index (κ1) is 14.1. The van der Waals surface area contributed by atoms with Crippen molar-refractivity contribution in [3.63, 3.8) is 0 Å². The first-order valence-electron chi connectivity index (χ1n) is 6.24. The highest BCUT2D eigenvalue weighted by molar-refractivity contribution is 5.94. The molecule has 0 heterocycles. The molecule has 0 aliphatic heterocycles. The molecule has 0 saturated carbocycles. The van der Waals surface area contributed by atoms with E-state index in [1.807, 2.05) is 19.1 Å². The van der Waals surface area contributed by atoms with Crippen molar-refractivity contribution in [3.05, 3.63) is 53.3 Å². The number of methoxy groups -OCH3 is 1. The Hall–Kier alpha value is -2.36. The molecule has 104 valence electrons. The van der Waals surface area contributed by atoms with Gasteiger partial charge in [0.2, 0.25) is 0 Å². The summed E-state index contributed by atoms with van der Waals surface area (Å²) in [5.41, 5.74) is 2.33. The standard InChI is InChI=1S/C16H16FNO2/c1-10-5-4-6-14(20-3)15(10)12-8-7-11(9-13(12)17)16(19)18-2/h4-9H,1-3H3,(H,18,19). The Morgan fingerprint density at radius 2 is 2.00 bits per heavy atom. The zero-order chi connectivity index (χ0) is 14.7. The van der Waals surface area contributed by atoms with E-state index >= 15 is 0 Å². The number of hydrogen-bond acceptors (Lipinski definition) is 2. The fourth-order valence-corrected chi connectivity index (χ4v) is 2.16. The van der Waals surface area contributed by atoms with Gasteiger partial charge in [0.1, 0.15) is 11.6 Å². The Balaban J connectivity index is 2.57. The normalized spacial score (nSPS) is 10.2. The monoisotopic (exact) mass is 273 g/mol. The van der Waals surface area contributed by atoms with Crippen LogP contribution in [0.2, 0.25) is 0 Å². The molecule has 0 aromatic heterocycles. The predicted molar refractivity (Wildman–Crippen MR) is 76.5 cm³/mol. The largest absolute Gasteiger partial charge is 0.496 e. The summed E-state index contributed by atoms with van der Waals surface area (Å²) < 4.78 is 19.6. The van der Waals surface area contributed by atoms with Gasteiger partial charge in [-0.05, 0) is 30.7 Å². The second-order valence-corrected chi connectivity index (χ2v) is 4.43. The number of nitrogens with one attached hydrogen (secondary N) is 1. The average molecular weight is 273 g/mol. The number of benzene rings is 2. The van der Waals surface area contributed by atoms with Crippen LogP contribution in [0.15, 0.2) is 36.4 Å². The summed E-state index contributed by atoms with van der Waals surface area (Å²) in [4.78, 5) is 11.5. The molecule has 0 atom stereocenters. The summed E-state index contributed by atoms with van der Waals surface area (Å²) in [6.07, 6.45) is 0. The van der Waals surface area contributed by atoms with Crippen molar-refractivity contribution < 1.29 is 13.9 Å². The second kappa shape index (κ2) is 5.74. The third-order valence-electron chi connectivity index (χ3n) is 3.18. The molecule has 1 N–H and O–H groups in total. The van der Waals surface area contributed by atoms with E-state index in [9.17, 15) is 9.18 Å². The van der Waals surface area contributed by atoms with Crippen LogP contribution in [0.4, 0.5) is 4.39 Å². The van der Waals surface area contributed by atoms with E-state index in [-0.39, 0.29) is 5.91 Å². The van der Waals surface area contributed by atoms with Gasteiger partial charge in [0.25, 0.3) is 5.91 Å². The van der Waals surface area contributed by atoms with Gasteiger partial charge in [-0.3, -0.25) is 4.79 Å². The quantitative estimate of drug-likeness (QED) is 0.932. The van der Waals surface area contributed by atoms with Crippen molar-refractivity contribution in [2.45, 2.75) is 6.92 Å². The van der Waals surface area contributed by atoms with Crippen molar-refractivity contribution in [3.8, 4) is 16.9 Å². The van der Waals surface area contributed by atoms with E-state index in [4.69, 9.17) is 4.74 Å². The molecule has 0 aliphatic rings. The van der Waals surface area contributed by atoms with Crippen LogP contribution in [0.5, 0.6) is 5.75 Å². The molecule has 0 radical (unpaired) electrons. The third-order valence-corrected chi connectivity index (χ3v) is 3.18.